The van der Waals surface area contributed by atoms with E-state index in [0.29, 0.717) is 11.0 Å². The first-order valence-electron chi connectivity index (χ1n) is 19.8. The quantitative estimate of drug-likeness (QED) is 0.103. The molecule has 46 heavy (non-hydrogen) atoms. The number of hydrogen-bond donors (Lipinski definition) is 0. The fourth-order valence-corrected chi connectivity index (χ4v) is 10.9. The lowest BCUT2D eigenvalue weighted by atomic mass is 9.47. The second kappa shape index (κ2) is 16.1. The minimum absolute atomic E-state index is 0.00645. The van der Waals surface area contributed by atoms with E-state index in [4.69, 9.17) is 9.47 Å². The number of carbonyl (C=O) groups excluding carboxylic acids is 1. The summed E-state index contributed by atoms with van der Waals surface area (Å²) in [5.74, 6) is 5.77. The Labute approximate surface area is 283 Å². The Morgan fingerprint density at radius 3 is 2.33 bits per heavy atom. The zero-order valence-electron chi connectivity index (χ0n) is 30.6. The zero-order valence-corrected chi connectivity index (χ0v) is 30.6. The molecule has 0 bridgehead atoms. The highest BCUT2D eigenvalue weighted by atomic mass is 16.5. The zero-order chi connectivity index (χ0) is 32.7. The minimum Gasteiger partial charge on any atom is -0.494 e. The van der Waals surface area contributed by atoms with Gasteiger partial charge in [-0.3, -0.25) is 0 Å². The van der Waals surface area contributed by atoms with Crippen LogP contribution in [0, 0.1) is 46.3 Å². The summed E-state index contributed by atoms with van der Waals surface area (Å²) in [6.45, 7) is 15.6. The summed E-state index contributed by atoms with van der Waals surface area (Å²) < 4.78 is 12.1. The predicted molar refractivity (Wildman–Crippen MR) is 192 cm³/mol. The number of fused-ring (bicyclic) bond motifs is 5. The summed E-state index contributed by atoms with van der Waals surface area (Å²) in [7, 11) is 0. The van der Waals surface area contributed by atoms with Gasteiger partial charge in [0.15, 0.2) is 0 Å². The largest absolute Gasteiger partial charge is 0.494 e. The van der Waals surface area contributed by atoms with Crippen molar-refractivity contribution >= 4 is 5.97 Å². The lowest BCUT2D eigenvalue weighted by Gasteiger charge is -2.58. The van der Waals surface area contributed by atoms with Crippen molar-refractivity contribution < 1.29 is 14.3 Å². The van der Waals surface area contributed by atoms with Gasteiger partial charge in [0.1, 0.15) is 11.9 Å². The molecule has 0 N–H and O–H groups in total. The van der Waals surface area contributed by atoms with E-state index in [9.17, 15) is 4.79 Å². The maximum absolute atomic E-state index is 13.2. The number of benzene rings is 1. The minimum atomic E-state index is -0.186. The second-order valence-electron chi connectivity index (χ2n) is 17.1. The van der Waals surface area contributed by atoms with E-state index in [1.165, 1.54) is 89.9 Å². The molecule has 1 aromatic rings. The maximum atomic E-state index is 13.2. The molecule has 3 fully saturated rings. The lowest BCUT2D eigenvalue weighted by molar-refractivity contribution is -0.0594. The standard InChI is InChI=1S/C43H68O3/c1-7-8-9-10-11-12-13-29-45-35-20-17-33(18-21-35)41(44)46-36-25-27-42(5)34(30-36)19-22-37-39-24-23-38(32(4)16-14-15-31(2)3)43(39,6)28-26-40(37)42/h17-21,31-32,36-40H,7-16,22-30H2,1-6H3/t32-,36-,37+,38-,39-,40+,42-,43+/m1/s1. The summed E-state index contributed by atoms with van der Waals surface area (Å²) in [5, 5.41) is 0. The maximum Gasteiger partial charge on any atom is 0.338 e. The highest BCUT2D eigenvalue weighted by molar-refractivity contribution is 5.89. The highest BCUT2D eigenvalue weighted by Crippen LogP contribution is 2.67. The topological polar surface area (TPSA) is 35.5 Å². The molecule has 4 aliphatic rings. The third kappa shape index (κ3) is 8.08. The Kier molecular flexibility index (Phi) is 12.4. The van der Waals surface area contributed by atoms with Crippen LogP contribution in [-0.4, -0.2) is 18.7 Å². The SMILES string of the molecule is CCCCCCCCCOc1ccc(C(=O)O[C@@H]2CC[C@]3(C)C(=CC[C@H]4[C@H]5CC[C@H]([C@H](C)CCCC(C)C)[C@]5(C)CC[C@@H]43)C2)cc1. The second-order valence-corrected chi connectivity index (χ2v) is 17.1. The molecule has 3 nitrogen and oxygen atoms in total. The summed E-state index contributed by atoms with van der Waals surface area (Å²) in [6, 6.07) is 7.60. The van der Waals surface area contributed by atoms with Crippen molar-refractivity contribution in [2.45, 2.75) is 163 Å². The molecule has 258 valence electrons. The first-order chi connectivity index (χ1) is 22.2. The molecule has 3 heteroatoms. The first-order valence-corrected chi connectivity index (χ1v) is 19.8. The molecule has 0 heterocycles. The van der Waals surface area contributed by atoms with Gasteiger partial charge in [-0.1, -0.05) is 111 Å². The number of rotatable bonds is 16. The van der Waals surface area contributed by atoms with Gasteiger partial charge in [-0.15, -0.1) is 0 Å². The Morgan fingerprint density at radius 1 is 0.848 bits per heavy atom. The van der Waals surface area contributed by atoms with Crippen molar-refractivity contribution in [2.75, 3.05) is 6.61 Å². The number of ether oxygens (including phenoxy) is 2. The molecule has 0 radical (unpaired) electrons. The van der Waals surface area contributed by atoms with Crippen molar-refractivity contribution in [1.82, 2.24) is 0 Å². The number of esters is 1. The average molecular weight is 633 g/mol. The van der Waals surface area contributed by atoms with E-state index in [-0.39, 0.29) is 17.5 Å². The van der Waals surface area contributed by atoms with Gasteiger partial charge < -0.3 is 9.47 Å². The highest BCUT2D eigenvalue weighted by Gasteiger charge is 2.59. The summed E-state index contributed by atoms with van der Waals surface area (Å²) >= 11 is 0. The predicted octanol–water partition coefficient (Wildman–Crippen LogP) is 12.4. The molecule has 4 aliphatic carbocycles. The van der Waals surface area contributed by atoms with E-state index >= 15 is 0 Å². The van der Waals surface area contributed by atoms with Gasteiger partial charge in [0, 0.05) is 6.42 Å². The number of hydrogen-bond acceptors (Lipinski definition) is 3. The van der Waals surface area contributed by atoms with Gasteiger partial charge in [0.2, 0.25) is 0 Å². The Balaban J connectivity index is 1.10. The van der Waals surface area contributed by atoms with Crippen LogP contribution in [0.5, 0.6) is 5.75 Å². The van der Waals surface area contributed by atoms with Crippen molar-refractivity contribution in [1.29, 1.82) is 0 Å². The third-order valence-electron chi connectivity index (χ3n) is 13.6. The van der Waals surface area contributed by atoms with E-state index < -0.39 is 0 Å². The van der Waals surface area contributed by atoms with Crippen LogP contribution in [0.2, 0.25) is 0 Å². The van der Waals surface area contributed by atoms with Crippen LogP contribution in [0.3, 0.4) is 0 Å². The number of unbranched alkanes of at least 4 members (excludes halogenated alkanes) is 6. The van der Waals surface area contributed by atoms with Crippen LogP contribution in [0.15, 0.2) is 35.9 Å². The number of allylic oxidation sites excluding steroid dienone is 1. The Hall–Kier alpha value is -1.77. The monoisotopic (exact) mass is 633 g/mol. The van der Waals surface area contributed by atoms with Gasteiger partial charge in [-0.2, -0.15) is 0 Å². The van der Waals surface area contributed by atoms with Crippen molar-refractivity contribution in [3.63, 3.8) is 0 Å². The average Bonchev–Trinajstić information content (AvgIpc) is 3.40. The van der Waals surface area contributed by atoms with Crippen molar-refractivity contribution in [3.05, 3.63) is 41.5 Å². The van der Waals surface area contributed by atoms with Crippen molar-refractivity contribution in [3.8, 4) is 5.75 Å². The van der Waals surface area contributed by atoms with Crippen molar-refractivity contribution in [2.24, 2.45) is 46.3 Å². The van der Waals surface area contributed by atoms with Gasteiger partial charge >= 0.3 is 5.97 Å². The van der Waals surface area contributed by atoms with Crippen LogP contribution in [0.1, 0.15) is 167 Å². The summed E-state index contributed by atoms with van der Waals surface area (Å²) in [4.78, 5) is 13.2. The molecule has 5 rings (SSSR count). The molecule has 0 saturated heterocycles. The van der Waals surface area contributed by atoms with Crippen LogP contribution >= 0.6 is 0 Å². The molecule has 1 aromatic carbocycles. The van der Waals surface area contributed by atoms with Gasteiger partial charge in [0.25, 0.3) is 0 Å². The molecule has 0 amide bonds. The Bertz CT molecular complexity index is 1140. The fraction of sp³-hybridized carbons (Fsp3) is 0.791. The molecule has 0 aliphatic heterocycles. The molecule has 0 spiro atoms. The van der Waals surface area contributed by atoms with E-state index in [2.05, 4.69) is 47.6 Å². The number of carbonyl (C=O) groups is 1. The summed E-state index contributed by atoms with van der Waals surface area (Å²) in [6.07, 6.45) is 25.7. The molecular weight excluding hydrogens is 564 g/mol. The molecular formula is C43H68O3. The normalized spacial score (nSPS) is 32.7. The third-order valence-corrected chi connectivity index (χ3v) is 13.6. The summed E-state index contributed by atoms with van der Waals surface area (Å²) in [5.41, 5.74) is 3.03. The van der Waals surface area contributed by atoms with E-state index in [1.807, 2.05) is 24.3 Å². The van der Waals surface area contributed by atoms with E-state index in [1.54, 1.807) is 5.57 Å². The van der Waals surface area contributed by atoms with Gasteiger partial charge in [-0.25, -0.2) is 4.79 Å². The van der Waals surface area contributed by atoms with Gasteiger partial charge in [-0.05, 0) is 122 Å². The lowest BCUT2D eigenvalue weighted by Crippen LogP contribution is -2.51. The van der Waals surface area contributed by atoms with Crippen LogP contribution in [0.25, 0.3) is 0 Å². The molecule has 0 unspecified atom stereocenters. The molecule has 3 saturated carbocycles. The Morgan fingerprint density at radius 2 is 1.59 bits per heavy atom. The van der Waals surface area contributed by atoms with Crippen LogP contribution in [-0.2, 0) is 4.74 Å². The smallest absolute Gasteiger partial charge is 0.338 e. The molecule has 0 aromatic heterocycles. The first kappa shape index (κ1) is 35.5. The fourth-order valence-electron chi connectivity index (χ4n) is 10.9. The van der Waals surface area contributed by atoms with Gasteiger partial charge in [0.05, 0.1) is 12.2 Å². The van der Waals surface area contributed by atoms with Crippen LogP contribution < -0.4 is 4.74 Å². The van der Waals surface area contributed by atoms with Crippen LogP contribution in [0.4, 0.5) is 0 Å². The molecule has 8 atom stereocenters. The van der Waals surface area contributed by atoms with E-state index in [0.717, 1.165) is 73.5 Å².